The van der Waals surface area contributed by atoms with Crippen LogP contribution in [0, 0.1) is 0 Å². The Balaban J connectivity index is 2.46. The summed E-state index contributed by atoms with van der Waals surface area (Å²) >= 11 is 0. The van der Waals surface area contributed by atoms with Crippen LogP contribution in [0.15, 0.2) is 18.2 Å². The lowest BCUT2D eigenvalue weighted by Crippen LogP contribution is -2.33. The molecule has 1 heterocycles. The lowest BCUT2D eigenvalue weighted by molar-refractivity contribution is 0.138. The molecule has 0 aromatic heterocycles. The van der Waals surface area contributed by atoms with Crippen molar-refractivity contribution in [3.8, 4) is 5.75 Å². The summed E-state index contributed by atoms with van der Waals surface area (Å²) in [5.74, 6) is 0.764. The Hall–Kier alpha value is -0.995. The van der Waals surface area contributed by atoms with Gasteiger partial charge in [0.2, 0.25) is 0 Å². The summed E-state index contributed by atoms with van der Waals surface area (Å²) in [5, 5.41) is 18.3. The van der Waals surface area contributed by atoms with Gasteiger partial charge in [-0.15, -0.1) is 0 Å². The van der Waals surface area contributed by atoms with Gasteiger partial charge in [-0.1, -0.05) is 12.1 Å². The monoisotopic (exact) mass is 192 g/mol. The standard InChI is InChI=1S/C10H13BO3/c1-10(2)6-7-8(11(12)13)4-3-5-9(7)14-10/h3-5,12-13H,6H2,1-2H3. The molecule has 2 rings (SSSR count). The van der Waals surface area contributed by atoms with E-state index in [1.54, 1.807) is 12.1 Å². The molecular weight excluding hydrogens is 179 g/mol. The Kier molecular flexibility index (Phi) is 2.05. The van der Waals surface area contributed by atoms with Gasteiger partial charge >= 0.3 is 7.12 Å². The lowest BCUT2D eigenvalue weighted by atomic mass is 9.75. The molecule has 0 unspecified atom stereocenters. The summed E-state index contributed by atoms with van der Waals surface area (Å²) in [6.07, 6.45) is 0.718. The molecule has 14 heavy (non-hydrogen) atoms. The van der Waals surface area contributed by atoms with Crippen LogP contribution in [-0.4, -0.2) is 22.8 Å². The third-order valence-corrected chi connectivity index (χ3v) is 2.44. The molecule has 0 saturated heterocycles. The Labute approximate surface area is 83.5 Å². The smallest absolute Gasteiger partial charge is 0.487 e. The zero-order valence-electron chi connectivity index (χ0n) is 8.32. The first-order valence-corrected chi connectivity index (χ1v) is 4.66. The molecule has 74 valence electrons. The van der Waals surface area contributed by atoms with Crippen LogP contribution < -0.4 is 10.2 Å². The highest BCUT2D eigenvalue weighted by Gasteiger charge is 2.33. The predicted molar refractivity (Wildman–Crippen MR) is 54.7 cm³/mol. The molecule has 1 aromatic rings. The first-order chi connectivity index (χ1) is 6.49. The Morgan fingerprint density at radius 3 is 2.71 bits per heavy atom. The molecule has 0 saturated carbocycles. The summed E-state index contributed by atoms with van der Waals surface area (Å²) in [5.41, 5.74) is 1.22. The van der Waals surface area contributed by atoms with Crippen molar-refractivity contribution in [2.24, 2.45) is 0 Å². The van der Waals surface area contributed by atoms with Crippen molar-refractivity contribution in [3.05, 3.63) is 23.8 Å². The molecule has 0 atom stereocenters. The van der Waals surface area contributed by atoms with E-state index < -0.39 is 7.12 Å². The van der Waals surface area contributed by atoms with Crippen molar-refractivity contribution in [2.75, 3.05) is 0 Å². The molecule has 0 amide bonds. The molecule has 3 nitrogen and oxygen atoms in total. The Bertz CT molecular complexity index is 360. The topological polar surface area (TPSA) is 49.7 Å². The summed E-state index contributed by atoms with van der Waals surface area (Å²) in [4.78, 5) is 0. The number of fused-ring (bicyclic) bond motifs is 1. The van der Waals surface area contributed by atoms with E-state index in [4.69, 9.17) is 14.8 Å². The molecule has 2 N–H and O–H groups in total. The fourth-order valence-electron chi connectivity index (χ4n) is 1.87. The van der Waals surface area contributed by atoms with E-state index in [1.807, 2.05) is 19.9 Å². The van der Waals surface area contributed by atoms with Gasteiger partial charge in [-0.25, -0.2) is 0 Å². The lowest BCUT2D eigenvalue weighted by Gasteiger charge is -2.16. The minimum absolute atomic E-state index is 0.243. The zero-order chi connectivity index (χ0) is 10.3. The van der Waals surface area contributed by atoms with E-state index in [9.17, 15) is 0 Å². The van der Waals surface area contributed by atoms with Gasteiger partial charge in [0.05, 0.1) is 0 Å². The average molecular weight is 192 g/mol. The maximum absolute atomic E-state index is 9.16. The minimum atomic E-state index is -1.41. The van der Waals surface area contributed by atoms with E-state index in [0.717, 1.165) is 17.7 Å². The summed E-state index contributed by atoms with van der Waals surface area (Å²) in [7, 11) is -1.41. The SMILES string of the molecule is CC1(C)Cc2c(cccc2B(O)O)O1. The van der Waals surface area contributed by atoms with Crippen LogP contribution >= 0.6 is 0 Å². The van der Waals surface area contributed by atoms with Gasteiger partial charge in [0.1, 0.15) is 11.4 Å². The normalized spacial score (nSPS) is 17.4. The predicted octanol–water partition coefficient (Wildman–Crippen LogP) is 0.0799. The number of hydrogen-bond acceptors (Lipinski definition) is 3. The van der Waals surface area contributed by atoms with Crippen molar-refractivity contribution < 1.29 is 14.8 Å². The highest BCUT2D eigenvalue weighted by Crippen LogP contribution is 2.33. The molecule has 0 radical (unpaired) electrons. The Morgan fingerprint density at radius 2 is 2.07 bits per heavy atom. The van der Waals surface area contributed by atoms with Crippen molar-refractivity contribution in [1.82, 2.24) is 0 Å². The summed E-state index contributed by atoms with van der Waals surface area (Å²) in [6, 6.07) is 5.35. The van der Waals surface area contributed by atoms with Crippen LogP contribution in [0.2, 0.25) is 0 Å². The second kappa shape index (κ2) is 3.00. The van der Waals surface area contributed by atoms with Gasteiger partial charge in [-0.2, -0.15) is 0 Å². The Morgan fingerprint density at radius 1 is 1.36 bits per heavy atom. The molecule has 0 bridgehead atoms. The zero-order valence-corrected chi connectivity index (χ0v) is 8.32. The van der Waals surface area contributed by atoms with E-state index in [-0.39, 0.29) is 5.60 Å². The largest absolute Gasteiger partial charge is 0.488 e. The van der Waals surface area contributed by atoms with Gasteiger partial charge in [-0.3, -0.25) is 0 Å². The average Bonchev–Trinajstić information content (AvgIpc) is 2.36. The third-order valence-electron chi connectivity index (χ3n) is 2.44. The fourth-order valence-corrected chi connectivity index (χ4v) is 1.87. The van der Waals surface area contributed by atoms with Gasteiger partial charge < -0.3 is 14.8 Å². The highest BCUT2D eigenvalue weighted by molar-refractivity contribution is 6.59. The van der Waals surface area contributed by atoms with Crippen LogP contribution in [0.1, 0.15) is 19.4 Å². The quantitative estimate of drug-likeness (QED) is 0.619. The molecule has 1 aliphatic heterocycles. The number of hydrogen-bond donors (Lipinski definition) is 2. The van der Waals surface area contributed by atoms with Crippen LogP contribution in [0.4, 0.5) is 0 Å². The van der Waals surface area contributed by atoms with E-state index in [2.05, 4.69) is 0 Å². The second-order valence-corrected chi connectivity index (χ2v) is 4.24. The van der Waals surface area contributed by atoms with Crippen molar-refractivity contribution in [3.63, 3.8) is 0 Å². The molecule has 1 aliphatic rings. The van der Waals surface area contributed by atoms with Crippen LogP contribution in [-0.2, 0) is 6.42 Å². The van der Waals surface area contributed by atoms with Crippen molar-refractivity contribution >= 4 is 12.6 Å². The first kappa shape index (κ1) is 9.56. The second-order valence-electron chi connectivity index (χ2n) is 4.24. The highest BCUT2D eigenvalue weighted by atomic mass is 16.5. The van der Waals surface area contributed by atoms with Crippen molar-refractivity contribution in [2.45, 2.75) is 25.9 Å². The van der Waals surface area contributed by atoms with Gasteiger partial charge in [0, 0.05) is 6.42 Å². The molecule has 4 heteroatoms. The number of rotatable bonds is 1. The first-order valence-electron chi connectivity index (χ1n) is 4.66. The van der Waals surface area contributed by atoms with Crippen LogP contribution in [0.5, 0.6) is 5.75 Å². The maximum Gasteiger partial charge on any atom is 0.488 e. The van der Waals surface area contributed by atoms with E-state index >= 15 is 0 Å². The van der Waals surface area contributed by atoms with E-state index in [1.165, 1.54) is 0 Å². The molecule has 0 aliphatic carbocycles. The van der Waals surface area contributed by atoms with Gasteiger partial charge in [-0.05, 0) is 30.9 Å². The van der Waals surface area contributed by atoms with Gasteiger partial charge in [0.15, 0.2) is 0 Å². The van der Waals surface area contributed by atoms with E-state index in [0.29, 0.717) is 5.46 Å². The third kappa shape index (κ3) is 1.51. The number of ether oxygens (including phenoxy) is 1. The number of benzene rings is 1. The molecule has 1 aromatic carbocycles. The van der Waals surface area contributed by atoms with Crippen molar-refractivity contribution in [1.29, 1.82) is 0 Å². The maximum atomic E-state index is 9.16. The van der Waals surface area contributed by atoms with Crippen LogP contribution in [0.3, 0.4) is 0 Å². The minimum Gasteiger partial charge on any atom is -0.487 e. The fraction of sp³-hybridized carbons (Fsp3) is 0.400. The summed E-state index contributed by atoms with van der Waals surface area (Å²) < 4.78 is 5.66. The van der Waals surface area contributed by atoms with Crippen LogP contribution in [0.25, 0.3) is 0 Å². The van der Waals surface area contributed by atoms with Gasteiger partial charge in [0.25, 0.3) is 0 Å². The summed E-state index contributed by atoms with van der Waals surface area (Å²) in [6.45, 7) is 3.97. The molecule has 0 fully saturated rings. The molecule has 0 spiro atoms. The molecular formula is C10H13BO3.